The Kier molecular flexibility index (Phi) is 4.68. The summed E-state index contributed by atoms with van der Waals surface area (Å²) >= 11 is 0. The van der Waals surface area contributed by atoms with Gasteiger partial charge in [-0.1, -0.05) is 18.0 Å². The predicted molar refractivity (Wildman–Crippen MR) is 75.6 cm³/mol. The fourth-order valence-electron chi connectivity index (χ4n) is 3.51. The Hall–Kier alpha value is -0.940. The summed E-state index contributed by atoms with van der Waals surface area (Å²) in [6, 6.07) is 0.466. The van der Waals surface area contributed by atoms with Crippen molar-refractivity contribution in [3.05, 3.63) is 11.7 Å². The van der Waals surface area contributed by atoms with Gasteiger partial charge in [-0.3, -0.25) is 0 Å². The fourth-order valence-corrected chi connectivity index (χ4v) is 3.51. The van der Waals surface area contributed by atoms with Crippen molar-refractivity contribution in [3.63, 3.8) is 0 Å². The third-order valence-corrected chi connectivity index (χ3v) is 4.74. The first-order chi connectivity index (χ1) is 9.86. The molecule has 20 heavy (non-hydrogen) atoms. The summed E-state index contributed by atoms with van der Waals surface area (Å²) in [6.07, 6.45) is 8.41. The van der Waals surface area contributed by atoms with E-state index < -0.39 is 0 Å². The van der Waals surface area contributed by atoms with Crippen LogP contribution in [0, 0.1) is 5.92 Å². The third-order valence-electron chi connectivity index (χ3n) is 4.74. The summed E-state index contributed by atoms with van der Waals surface area (Å²) in [5.74, 6) is 2.69. The van der Waals surface area contributed by atoms with E-state index >= 15 is 0 Å². The number of nitrogens with one attached hydrogen (secondary N) is 1. The lowest BCUT2D eigenvalue weighted by Gasteiger charge is -2.21. The van der Waals surface area contributed by atoms with Crippen molar-refractivity contribution in [1.82, 2.24) is 15.5 Å². The summed E-state index contributed by atoms with van der Waals surface area (Å²) < 4.78 is 10.9. The molecule has 0 spiro atoms. The highest BCUT2D eigenvalue weighted by Gasteiger charge is 2.27. The number of rotatable bonds is 5. The number of hydrogen-bond donors (Lipinski definition) is 1. The molecule has 112 valence electrons. The van der Waals surface area contributed by atoms with Crippen molar-refractivity contribution in [1.29, 1.82) is 0 Å². The van der Waals surface area contributed by atoms with E-state index in [4.69, 9.17) is 9.26 Å². The molecule has 2 fully saturated rings. The Labute approximate surface area is 120 Å². The van der Waals surface area contributed by atoms with E-state index in [2.05, 4.69) is 15.5 Å². The molecule has 3 rings (SSSR count). The van der Waals surface area contributed by atoms with Crippen LogP contribution in [0.2, 0.25) is 0 Å². The second-order valence-electron chi connectivity index (χ2n) is 6.10. The molecule has 0 radical (unpaired) electrons. The molecule has 2 aliphatic rings. The second-order valence-corrected chi connectivity index (χ2v) is 6.10. The van der Waals surface area contributed by atoms with E-state index in [1.54, 1.807) is 0 Å². The molecule has 1 aliphatic carbocycles. The van der Waals surface area contributed by atoms with Gasteiger partial charge < -0.3 is 14.6 Å². The van der Waals surface area contributed by atoms with Crippen LogP contribution < -0.4 is 5.32 Å². The van der Waals surface area contributed by atoms with E-state index in [1.807, 2.05) is 7.05 Å². The number of nitrogens with zero attached hydrogens (tertiary/aromatic N) is 2. The lowest BCUT2D eigenvalue weighted by molar-refractivity contribution is 0.0773. The lowest BCUT2D eigenvalue weighted by Crippen LogP contribution is -2.34. The molecular weight excluding hydrogens is 254 g/mol. The van der Waals surface area contributed by atoms with Gasteiger partial charge in [0.05, 0.1) is 6.61 Å². The molecule has 1 N–H and O–H groups in total. The number of likely N-dealkylation sites (N-methyl/N-ethyl adjacent to an activating group) is 1. The highest BCUT2D eigenvalue weighted by molar-refractivity contribution is 4.98. The van der Waals surface area contributed by atoms with Gasteiger partial charge >= 0.3 is 0 Å². The summed E-state index contributed by atoms with van der Waals surface area (Å²) in [5.41, 5.74) is 0. The molecule has 1 aromatic heterocycles. The van der Waals surface area contributed by atoms with Crippen LogP contribution in [0.25, 0.3) is 0 Å². The van der Waals surface area contributed by atoms with Crippen molar-refractivity contribution in [2.24, 2.45) is 5.92 Å². The van der Waals surface area contributed by atoms with Crippen LogP contribution in [0.15, 0.2) is 4.52 Å². The average molecular weight is 279 g/mol. The Morgan fingerprint density at radius 1 is 1.25 bits per heavy atom. The van der Waals surface area contributed by atoms with Crippen molar-refractivity contribution in [3.8, 4) is 0 Å². The Balaban J connectivity index is 1.60. The molecule has 5 heteroatoms. The molecule has 1 aromatic rings. The topological polar surface area (TPSA) is 60.2 Å². The van der Waals surface area contributed by atoms with E-state index in [1.165, 1.54) is 25.7 Å². The largest absolute Gasteiger partial charge is 0.381 e. The minimum Gasteiger partial charge on any atom is -0.381 e. The quantitative estimate of drug-likeness (QED) is 0.896. The molecule has 2 unspecified atom stereocenters. The van der Waals surface area contributed by atoms with Crippen LogP contribution in [-0.4, -0.2) is 36.4 Å². The van der Waals surface area contributed by atoms with E-state index in [9.17, 15) is 0 Å². The van der Waals surface area contributed by atoms with Crippen LogP contribution in [-0.2, 0) is 11.2 Å². The Morgan fingerprint density at radius 3 is 2.80 bits per heavy atom. The van der Waals surface area contributed by atoms with Gasteiger partial charge in [-0.15, -0.1) is 0 Å². The van der Waals surface area contributed by atoms with Gasteiger partial charge in [0.2, 0.25) is 5.89 Å². The zero-order valence-corrected chi connectivity index (χ0v) is 12.3. The molecule has 1 aliphatic heterocycles. The minimum absolute atomic E-state index is 0.320. The lowest BCUT2D eigenvalue weighted by atomic mass is 9.95. The van der Waals surface area contributed by atoms with Crippen molar-refractivity contribution in [2.75, 3.05) is 20.3 Å². The van der Waals surface area contributed by atoms with E-state index in [0.29, 0.717) is 12.0 Å². The Bertz CT molecular complexity index is 409. The summed E-state index contributed by atoms with van der Waals surface area (Å²) in [5, 5.41) is 7.59. The fraction of sp³-hybridized carbons (Fsp3) is 0.867. The van der Waals surface area contributed by atoms with Gasteiger partial charge in [0.1, 0.15) is 0 Å². The maximum atomic E-state index is 5.50. The average Bonchev–Trinajstić information content (AvgIpc) is 3.17. The van der Waals surface area contributed by atoms with Crippen LogP contribution in [0.3, 0.4) is 0 Å². The van der Waals surface area contributed by atoms with Crippen molar-refractivity contribution >= 4 is 0 Å². The van der Waals surface area contributed by atoms with Gasteiger partial charge in [0.15, 0.2) is 5.82 Å². The first kappa shape index (κ1) is 14.0. The monoisotopic (exact) mass is 279 g/mol. The highest BCUT2D eigenvalue weighted by Crippen LogP contribution is 2.29. The van der Waals surface area contributed by atoms with Gasteiger partial charge in [0, 0.05) is 25.0 Å². The molecule has 5 nitrogen and oxygen atoms in total. The zero-order valence-electron chi connectivity index (χ0n) is 12.3. The molecule has 0 amide bonds. The van der Waals surface area contributed by atoms with Gasteiger partial charge in [-0.05, 0) is 38.6 Å². The zero-order chi connectivity index (χ0) is 13.8. The molecule has 1 saturated heterocycles. The number of hydrogen-bond acceptors (Lipinski definition) is 5. The van der Waals surface area contributed by atoms with E-state index in [-0.39, 0.29) is 0 Å². The first-order valence-corrected chi connectivity index (χ1v) is 7.94. The maximum absolute atomic E-state index is 5.50. The number of aromatic nitrogens is 2. The van der Waals surface area contributed by atoms with Crippen LogP contribution in [0.5, 0.6) is 0 Å². The summed E-state index contributed by atoms with van der Waals surface area (Å²) in [4.78, 5) is 4.60. The molecule has 2 heterocycles. The van der Waals surface area contributed by atoms with Gasteiger partial charge in [-0.25, -0.2) is 0 Å². The second kappa shape index (κ2) is 6.68. The Morgan fingerprint density at radius 2 is 2.10 bits per heavy atom. The highest BCUT2D eigenvalue weighted by atomic mass is 16.5. The first-order valence-electron chi connectivity index (χ1n) is 7.94. The number of ether oxygens (including phenoxy) is 1. The summed E-state index contributed by atoms with van der Waals surface area (Å²) in [7, 11) is 2.04. The smallest absolute Gasteiger partial charge is 0.228 e. The van der Waals surface area contributed by atoms with Crippen LogP contribution >= 0.6 is 0 Å². The standard InChI is InChI=1S/C15H25N3O2/c1-16-13(11-5-2-3-6-11)9-14-17-15(18-20-14)12-7-4-8-19-10-12/h11-13,16H,2-10H2,1H3. The SMILES string of the molecule is CNC(Cc1nc(C2CCCOC2)no1)C1CCCC1. The minimum atomic E-state index is 0.320. The van der Waals surface area contributed by atoms with Crippen molar-refractivity contribution in [2.45, 2.75) is 56.9 Å². The predicted octanol–water partition coefficient (Wildman–Crippen LogP) is 2.28. The summed E-state index contributed by atoms with van der Waals surface area (Å²) in [6.45, 7) is 1.60. The molecule has 2 atom stereocenters. The third kappa shape index (κ3) is 3.20. The normalized spacial score (nSPS) is 25.9. The van der Waals surface area contributed by atoms with Gasteiger partial charge in [-0.2, -0.15) is 4.98 Å². The van der Waals surface area contributed by atoms with Crippen LogP contribution in [0.1, 0.15) is 56.2 Å². The molecular formula is C15H25N3O2. The van der Waals surface area contributed by atoms with Gasteiger partial charge in [0.25, 0.3) is 0 Å². The molecule has 0 aromatic carbocycles. The van der Waals surface area contributed by atoms with E-state index in [0.717, 1.165) is 50.1 Å². The van der Waals surface area contributed by atoms with Crippen molar-refractivity contribution < 1.29 is 9.26 Å². The maximum Gasteiger partial charge on any atom is 0.228 e. The van der Waals surface area contributed by atoms with Crippen LogP contribution in [0.4, 0.5) is 0 Å². The molecule has 1 saturated carbocycles. The molecule has 0 bridgehead atoms.